The third-order valence-electron chi connectivity index (χ3n) is 3.46. The van der Waals surface area contributed by atoms with Gasteiger partial charge >= 0.3 is 0 Å². The molecular weight excluding hydrogens is 226 g/mol. The summed E-state index contributed by atoms with van der Waals surface area (Å²) < 4.78 is 5.50. The number of ether oxygens (including phenoxy) is 1. The number of aliphatic hydroxyl groups is 1. The standard InChI is InChI=1S/C15H23NO2/c1-12(13-7-8-13)9-16-10-14(17)11-18-15-5-3-2-4-6-15/h2-6,12-14,16-17H,7-11H2,1H3. The average Bonchev–Trinajstić information content (AvgIpc) is 3.22. The molecule has 0 radical (unpaired) electrons. The quantitative estimate of drug-likeness (QED) is 0.741. The topological polar surface area (TPSA) is 41.5 Å². The molecule has 3 nitrogen and oxygen atoms in total. The van der Waals surface area contributed by atoms with Gasteiger partial charge in [-0.25, -0.2) is 0 Å². The van der Waals surface area contributed by atoms with Crippen molar-refractivity contribution in [1.29, 1.82) is 0 Å². The van der Waals surface area contributed by atoms with Crippen LogP contribution in [0.4, 0.5) is 0 Å². The van der Waals surface area contributed by atoms with Gasteiger partial charge in [-0.05, 0) is 43.4 Å². The van der Waals surface area contributed by atoms with Crippen LogP contribution in [0.1, 0.15) is 19.8 Å². The maximum Gasteiger partial charge on any atom is 0.119 e. The highest BCUT2D eigenvalue weighted by Crippen LogP contribution is 2.35. The fourth-order valence-corrected chi connectivity index (χ4v) is 2.08. The molecule has 1 aromatic carbocycles. The zero-order valence-corrected chi connectivity index (χ0v) is 11.0. The minimum Gasteiger partial charge on any atom is -0.491 e. The van der Waals surface area contributed by atoms with Crippen molar-refractivity contribution in [1.82, 2.24) is 5.32 Å². The number of hydrogen-bond acceptors (Lipinski definition) is 3. The van der Waals surface area contributed by atoms with E-state index < -0.39 is 6.10 Å². The molecular formula is C15H23NO2. The van der Waals surface area contributed by atoms with Crippen LogP contribution in [0.3, 0.4) is 0 Å². The molecule has 1 aliphatic rings. The van der Waals surface area contributed by atoms with Crippen LogP contribution in [0.25, 0.3) is 0 Å². The normalized spacial score (nSPS) is 18.3. The van der Waals surface area contributed by atoms with Crippen LogP contribution in [0, 0.1) is 11.8 Å². The van der Waals surface area contributed by atoms with Gasteiger partial charge in [0.05, 0.1) is 0 Å². The Labute approximate surface area is 109 Å². The van der Waals surface area contributed by atoms with E-state index in [9.17, 15) is 5.11 Å². The molecule has 0 bridgehead atoms. The zero-order chi connectivity index (χ0) is 12.8. The Morgan fingerprint density at radius 3 is 2.67 bits per heavy atom. The summed E-state index contributed by atoms with van der Waals surface area (Å²) in [6, 6.07) is 9.60. The Balaban J connectivity index is 1.56. The third-order valence-corrected chi connectivity index (χ3v) is 3.46. The van der Waals surface area contributed by atoms with Crippen LogP contribution in [0.15, 0.2) is 30.3 Å². The van der Waals surface area contributed by atoms with Crippen molar-refractivity contribution < 1.29 is 9.84 Å². The number of aliphatic hydroxyl groups excluding tert-OH is 1. The number of benzene rings is 1. The summed E-state index contributed by atoms with van der Waals surface area (Å²) in [5, 5.41) is 13.1. The molecule has 1 saturated carbocycles. The second-order valence-electron chi connectivity index (χ2n) is 5.25. The lowest BCUT2D eigenvalue weighted by Gasteiger charge is -2.15. The second kappa shape index (κ2) is 6.76. The van der Waals surface area contributed by atoms with E-state index in [2.05, 4.69) is 12.2 Å². The molecule has 18 heavy (non-hydrogen) atoms. The van der Waals surface area contributed by atoms with Crippen molar-refractivity contribution in [2.75, 3.05) is 19.7 Å². The number of nitrogens with one attached hydrogen (secondary N) is 1. The van der Waals surface area contributed by atoms with Crippen molar-refractivity contribution in [3.8, 4) is 5.75 Å². The van der Waals surface area contributed by atoms with Crippen molar-refractivity contribution >= 4 is 0 Å². The Morgan fingerprint density at radius 2 is 2.00 bits per heavy atom. The highest BCUT2D eigenvalue weighted by molar-refractivity contribution is 5.20. The summed E-state index contributed by atoms with van der Waals surface area (Å²) in [5.74, 6) is 2.45. The predicted molar refractivity (Wildman–Crippen MR) is 72.7 cm³/mol. The van der Waals surface area contributed by atoms with Crippen molar-refractivity contribution in [2.24, 2.45) is 11.8 Å². The molecule has 0 heterocycles. The SMILES string of the molecule is CC(CNCC(O)COc1ccccc1)C1CC1. The third kappa shape index (κ3) is 4.67. The van der Waals surface area contributed by atoms with E-state index in [-0.39, 0.29) is 0 Å². The predicted octanol–water partition coefficient (Wildman–Crippen LogP) is 2.06. The summed E-state index contributed by atoms with van der Waals surface area (Å²) in [7, 11) is 0. The highest BCUT2D eigenvalue weighted by Gasteiger charge is 2.27. The van der Waals surface area contributed by atoms with Gasteiger partial charge in [0.1, 0.15) is 18.5 Å². The molecule has 1 aliphatic carbocycles. The Morgan fingerprint density at radius 1 is 1.28 bits per heavy atom. The Kier molecular flexibility index (Phi) is 5.02. The van der Waals surface area contributed by atoms with E-state index in [4.69, 9.17) is 4.74 Å². The van der Waals surface area contributed by atoms with Crippen molar-refractivity contribution in [2.45, 2.75) is 25.9 Å². The van der Waals surface area contributed by atoms with E-state index in [1.54, 1.807) is 0 Å². The van der Waals surface area contributed by atoms with Crippen LogP contribution in [0.5, 0.6) is 5.75 Å². The first-order chi connectivity index (χ1) is 8.75. The van der Waals surface area contributed by atoms with Gasteiger partial charge < -0.3 is 15.2 Å². The van der Waals surface area contributed by atoms with Gasteiger partial charge in [0.15, 0.2) is 0 Å². The zero-order valence-electron chi connectivity index (χ0n) is 11.0. The molecule has 3 heteroatoms. The summed E-state index contributed by atoms with van der Waals surface area (Å²) in [6.45, 7) is 4.21. The van der Waals surface area contributed by atoms with Crippen LogP contribution < -0.4 is 10.1 Å². The van der Waals surface area contributed by atoms with Gasteiger partial charge in [0.2, 0.25) is 0 Å². The van der Waals surface area contributed by atoms with E-state index in [1.165, 1.54) is 12.8 Å². The lowest BCUT2D eigenvalue weighted by molar-refractivity contribution is 0.105. The lowest BCUT2D eigenvalue weighted by Crippen LogP contribution is -2.34. The van der Waals surface area contributed by atoms with Crippen LogP contribution in [0.2, 0.25) is 0 Å². The minimum absolute atomic E-state index is 0.342. The van der Waals surface area contributed by atoms with Gasteiger partial charge in [-0.2, -0.15) is 0 Å². The lowest BCUT2D eigenvalue weighted by atomic mass is 10.1. The van der Waals surface area contributed by atoms with Crippen LogP contribution >= 0.6 is 0 Å². The van der Waals surface area contributed by atoms with E-state index in [0.717, 1.165) is 24.1 Å². The van der Waals surface area contributed by atoms with Gasteiger partial charge in [-0.15, -0.1) is 0 Å². The van der Waals surface area contributed by atoms with Gasteiger partial charge in [0.25, 0.3) is 0 Å². The highest BCUT2D eigenvalue weighted by atomic mass is 16.5. The molecule has 0 saturated heterocycles. The van der Waals surface area contributed by atoms with Gasteiger partial charge in [0, 0.05) is 6.54 Å². The van der Waals surface area contributed by atoms with Crippen LogP contribution in [-0.2, 0) is 0 Å². The first-order valence-electron chi connectivity index (χ1n) is 6.82. The van der Waals surface area contributed by atoms with E-state index >= 15 is 0 Å². The van der Waals surface area contributed by atoms with Crippen molar-refractivity contribution in [3.05, 3.63) is 30.3 Å². The van der Waals surface area contributed by atoms with E-state index in [1.807, 2.05) is 30.3 Å². The fourth-order valence-electron chi connectivity index (χ4n) is 2.08. The number of para-hydroxylation sites is 1. The Bertz CT molecular complexity index is 338. The molecule has 100 valence electrons. The molecule has 2 atom stereocenters. The maximum atomic E-state index is 9.79. The molecule has 2 N–H and O–H groups in total. The molecule has 2 unspecified atom stereocenters. The molecule has 0 spiro atoms. The fraction of sp³-hybridized carbons (Fsp3) is 0.600. The summed E-state index contributed by atoms with van der Waals surface area (Å²) in [5.41, 5.74) is 0. The molecule has 1 aromatic rings. The largest absolute Gasteiger partial charge is 0.491 e. The molecule has 0 amide bonds. The molecule has 2 rings (SSSR count). The smallest absolute Gasteiger partial charge is 0.119 e. The second-order valence-corrected chi connectivity index (χ2v) is 5.25. The summed E-state index contributed by atoms with van der Waals surface area (Å²) in [6.07, 6.45) is 2.31. The Hall–Kier alpha value is -1.06. The minimum atomic E-state index is -0.448. The first-order valence-corrected chi connectivity index (χ1v) is 6.82. The monoisotopic (exact) mass is 249 g/mol. The average molecular weight is 249 g/mol. The van der Waals surface area contributed by atoms with Gasteiger partial charge in [-0.3, -0.25) is 0 Å². The maximum absolute atomic E-state index is 9.79. The summed E-state index contributed by atoms with van der Waals surface area (Å²) in [4.78, 5) is 0. The van der Waals surface area contributed by atoms with Gasteiger partial charge in [-0.1, -0.05) is 25.1 Å². The molecule has 0 aromatic heterocycles. The molecule has 0 aliphatic heterocycles. The summed E-state index contributed by atoms with van der Waals surface area (Å²) >= 11 is 0. The van der Waals surface area contributed by atoms with Crippen LogP contribution in [-0.4, -0.2) is 30.9 Å². The van der Waals surface area contributed by atoms with E-state index in [0.29, 0.717) is 13.2 Å². The van der Waals surface area contributed by atoms with Crippen molar-refractivity contribution in [3.63, 3.8) is 0 Å². The number of rotatable bonds is 8. The molecule has 1 fully saturated rings. The number of hydrogen-bond donors (Lipinski definition) is 2. The first kappa shape index (κ1) is 13.4.